The van der Waals surface area contributed by atoms with Crippen molar-refractivity contribution in [2.24, 2.45) is 5.16 Å². The number of benzene rings is 2. The Bertz CT molecular complexity index is 569. The minimum Gasteiger partial charge on any atom is -0.411 e. The highest BCUT2D eigenvalue weighted by molar-refractivity contribution is 6.35. The summed E-state index contributed by atoms with van der Waals surface area (Å²) in [6, 6.07) is 19.2. The Balaban J connectivity index is 0.000000211. The molecule has 0 heterocycles. The summed E-state index contributed by atoms with van der Waals surface area (Å²) >= 11 is 0. The van der Waals surface area contributed by atoms with Crippen LogP contribution in [0.25, 0.3) is 0 Å². The second kappa shape index (κ2) is 8.00. The summed E-state index contributed by atoms with van der Waals surface area (Å²) in [5.74, 6) is -0.298. The number of hydrogen-bond donors (Lipinski definition) is 1. The molecule has 0 unspecified atom stereocenters. The van der Waals surface area contributed by atoms with E-state index in [1.54, 1.807) is 24.3 Å². The van der Waals surface area contributed by atoms with Crippen LogP contribution in [0.5, 0.6) is 0 Å². The fourth-order valence-electron chi connectivity index (χ4n) is 1.67. The zero-order chi connectivity index (χ0) is 15.7. The van der Waals surface area contributed by atoms with E-state index in [1.165, 1.54) is 5.56 Å². The predicted molar refractivity (Wildman–Crippen MR) is 86.2 cm³/mol. The summed E-state index contributed by atoms with van der Waals surface area (Å²) in [6.07, 6.45) is 0.870. The van der Waals surface area contributed by atoms with Crippen LogP contribution in [0.15, 0.2) is 65.8 Å². The Morgan fingerprint density at radius 3 is 1.81 bits per heavy atom. The van der Waals surface area contributed by atoms with Crippen molar-refractivity contribution in [1.82, 2.24) is 0 Å². The number of hydrogen-bond acceptors (Lipinski definition) is 3. The van der Waals surface area contributed by atoms with Gasteiger partial charge in [-0.3, -0.25) is 4.79 Å². The second-order valence-electron chi connectivity index (χ2n) is 5.59. The van der Waals surface area contributed by atoms with E-state index in [0.717, 1.165) is 6.21 Å². The Hall–Kier alpha value is -2.42. The molecule has 0 aliphatic heterocycles. The van der Waals surface area contributed by atoms with E-state index >= 15 is 0 Å². The molecular weight excluding hydrogens is 262 g/mol. The molecule has 2 aromatic carbocycles. The van der Waals surface area contributed by atoms with Gasteiger partial charge in [-0.05, 0) is 11.0 Å². The number of nitrogens with zero attached hydrogens (tertiary/aromatic N) is 1. The smallest absolute Gasteiger partial charge is 0.207 e. The molecule has 3 nitrogen and oxygen atoms in total. The maximum absolute atomic E-state index is 10.9. The van der Waals surface area contributed by atoms with Crippen molar-refractivity contribution in [1.29, 1.82) is 0 Å². The molecule has 0 saturated heterocycles. The molecule has 0 fully saturated rings. The Morgan fingerprint density at radius 1 is 0.952 bits per heavy atom. The lowest BCUT2D eigenvalue weighted by Crippen LogP contribution is -2.10. The van der Waals surface area contributed by atoms with Crippen molar-refractivity contribution in [2.45, 2.75) is 26.2 Å². The Morgan fingerprint density at radius 2 is 1.43 bits per heavy atom. The molecular formula is C18H21NO2. The van der Waals surface area contributed by atoms with E-state index in [0.29, 0.717) is 11.0 Å². The van der Waals surface area contributed by atoms with Gasteiger partial charge in [0.15, 0.2) is 0 Å². The Labute approximate surface area is 125 Å². The standard InChI is InChI=1S/C10H14.C8H7NO2/c1-10(2,3)9-7-5-4-6-8-9;10-8(6-9-11)7-4-2-1-3-5-7/h4-8H,1-3H3;1-6,11H. The van der Waals surface area contributed by atoms with Crippen LogP contribution >= 0.6 is 0 Å². The van der Waals surface area contributed by atoms with E-state index in [2.05, 4.69) is 56.3 Å². The summed E-state index contributed by atoms with van der Waals surface area (Å²) in [4.78, 5) is 10.9. The monoisotopic (exact) mass is 283 g/mol. The molecule has 0 spiro atoms. The Kier molecular flexibility index (Phi) is 6.34. The van der Waals surface area contributed by atoms with Crippen LogP contribution in [-0.4, -0.2) is 17.2 Å². The van der Waals surface area contributed by atoms with Crippen molar-refractivity contribution in [2.75, 3.05) is 0 Å². The van der Waals surface area contributed by atoms with Gasteiger partial charge >= 0.3 is 0 Å². The SMILES string of the molecule is CC(C)(C)c1ccccc1.O=C(C=NO)c1ccccc1. The molecule has 0 radical (unpaired) electrons. The fraction of sp³-hybridized carbons (Fsp3) is 0.222. The highest BCUT2D eigenvalue weighted by Gasteiger charge is 2.11. The molecule has 0 atom stereocenters. The quantitative estimate of drug-likeness (QED) is 0.386. The van der Waals surface area contributed by atoms with Crippen LogP contribution in [0, 0.1) is 0 Å². The van der Waals surface area contributed by atoms with Gasteiger partial charge < -0.3 is 5.21 Å². The average Bonchev–Trinajstić information content (AvgIpc) is 2.49. The van der Waals surface area contributed by atoms with Crippen LogP contribution < -0.4 is 0 Å². The molecule has 0 aliphatic carbocycles. The zero-order valence-corrected chi connectivity index (χ0v) is 12.7. The minimum atomic E-state index is -0.298. The first-order valence-electron chi connectivity index (χ1n) is 6.77. The molecule has 21 heavy (non-hydrogen) atoms. The average molecular weight is 283 g/mol. The number of carbonyl (C=O) groups is 1. The van der Waals surface area contributed by atoms with E-state index < -0.39 is 0 Å². The van der Waals surface area contributed by atoms with Crippen LogP contribution in [0.1, 0.15) is 36.7 Å². The van der Waals surface area contributed by atoms with Crippen LogP contribution in [0.4, 0.5) is 0 Å². The van der Waals surface area contributed by atoms with Gasteiger partial charge in [0.05, 0.1) is 0 Å². The molecule has 2 aromatic rings. The zero-order valence-electron chi connectivity index (χ0n) is 12.7. The van der Waals surface area contributed by atoms with E-state index in [9.17, 15) is 4.79 Å². The summed E-state index contributed by atoms with van der Waals surface area (Å²) in [7, 11) is 0. The lowest BCUT2D eigenvalue weighted by atomic mass is 9.87. The fourth-order valence-corrected chi connectivity index (χ4v) is 1.67. The first-order valence-corrected chi connectivity index (χ1v) is 6.77. The summed E-state index contributed by atoms with van der Waals surface area (Å²) in [5, 5.41) is 10.7. The van der Waals surface area contributed by atoms with Gasteiger partial charge in [0.2, 0.25) is 5.78 Å². The molecule has 110 valence electrons. The third-order valence-electron chi connectivity index (χ3n) is 2.87. The topological polar surface area (TPSA) is 49.7 Å². The number of carbonyl (C=O) groups excluding carboxylic acids is 1. The molecule has 0 aromatic heterocycles. The lowest BCUT2D eigenvalue weighted by molar-refractivity contribution is 0.106. The largest absolute Gasteiger partial charge is 0.411 e. The van der Waals surface area contributed by atoms with E-state index in [1.807, 2.05) is 6.07 Å². The van der Waals surface area contributed by atoms with Crippen molar-refractivity contribution >= 4 is 12.0 Å². The minimum absolute atomic E-state index is 0.293. The first-order chi connectivity index (χ1) is 9.95. The number of oxime groups is 1. The number of Topliss-reactive ketones (excluding diaryl/α,β-unsaturated/α-hetero) is 1. The van der Waals surface area contributed by atoms with Gasteiger partial charge in [-0.2, -0.15) is 0 Å². The first kappa shape index (κ1) is 16.6. The molecule has 0 aliphatic rings. The summed E-state index contributed by atoms with van der Waals surface area (Å²) in [5.41, 5.74) is 2.21. The molecule has 0 saturated carbocycles. The molecule has 2 rings (SSSR count). The third kappa shape index (κ3) is 6.04. The maximum atomic E-state index is 10.9. The van der Waals surface area contributed by atoms with Crippen molar-refractivity contribution in [3.05, 3.63) is 71.8 Å². The second-order valence-corrected chi connectivity index (χ2v) is 5.59. The van der Waals surface area contributed by atoms with Gasteiger partial charge in [0.25, 0.3) is 0 Å². The van der Waals surface area contributed by atoms with Gasteiger partial charge in [-0.25, -0.2) is 0 Å². The van der Waals surface area contributed by atoms with Gasteiger partial charge in [-0.15, -0.1) is 0 Å². The van der Waals surface area contributed by atoms with Crippen LogP contribution in [-0.2, 0) is 5.41 Å². The lowest BCUT2D eigenvalue weighted by Gasteiger charge is -2.18. The molecule has 0 bridgehead atoms. The van der Waals surface area contributed by atoms with Crippen molar-refractivity contribution in [3.8, 4) is 0 Å². The van der Waals surface area contributed by atoms with Crippen LogP contribution in [0.2, 0.25) is 0 Å². The van der Waals surface area contributed by atoms with Gasteiger partial charge in [0, 0.05) is 5.56 Å². The molecule has 0 amide bonds. The highest BCUT2D eigenvalue weighted by Crippen LogP contribution is 2.20. The normalized spacial score (nSPS) is 10.8. The van der Waals surface area contributed by atoms with E-state index in [4.69, 9.17) is 5.21 Å². The molecule has 3 heteroatoms. The highest BCUT2D eigenvalue weighted by atomic mass is 16.4. The summed E-state index contributed by atoms with van der Waals surface area (Å²) in [6.45, 7) is 6.67. The van der Waals surface area contributed by atoms with Crippen molar-refractivity contribution in [3.63, 3.8) is 0 Å². The summed E-state index contributed by atoms with van der Waals surface area (Å²) < 4.78 is 0. The molecule has 1 N–H and O–H groups in total. The predicted octanol–water partition coefficient (Wildman–Crippen LogP) is 4.31. The van der Waals surface area contributed by atoms with Gasteiger partial charge in [-0.1, -0.05) is 86.6 Å². The van der Waals surface area contributed by atoms with E-state index in [-0.39, 0.29) is 5.78 Å². The maximum Gasteiger partial charge on any atom is 0.207 e. The third-order valence-corrected chi connectivity index (χ3v) is 2.87. The number of rotatable bonds is 2. The van der Waals surface area contributed by atoms with Gasteiger partial charge in [0.1, 0.15) is 6.21 Å². The number of ketones is 1. The van der Waals surface area contributed by atoms with Crippen LogP contribution in [0.3, 0.4) is 0 Å². The van der Waals surface area contributed by atoms with Crippen molar-refractivity contribution < 1.29 is 10.0 Å².